The van der Waals surface area contributed by atoms with Gasteiger partial charge in [-0.05, 0) is 49.6 Å². The number of aromatic nitrogens is 2. The lowest BCUT2D eigenvalue weighted by atomic mass is 10.1. The number of hydrogen-bond acceptors (Lipinski definition) is 8. The number of hydrogen-bond donors (Lipinski definition) is 2. The molecule has 0 bridgehead atoms. The van der Waals surface area contributed by atoms with Gasteiger partial charge < -0.3 is 19.9 Å². The predicted molar refractivity (Wildman–Crippen MR) is 129 cm³/mol. The number of aliphatic hydroxyl groups excluding tert-OH is 1. The Hall–Kier alpha value is -2.46. The summed E-state index contributed by atoms with van der Waals surface area (Å²) in [6.45, 7) is 2.50. The number of nitrogens with zero attached hydrogens (tertiary/aromatic N) is 3. The van der Waals surface area contributed by atoms with Gasteiger partial charge in [0.15, 0.2) is 6.10 Å². The first-order chi connectivity index (χ1) is 15.9. The van der Waals surface area contributed by atoms with Crippen LogP contribution in [0.3, 0.4) is 0 Å². The molecule has 1 aromatic heterocycles. The minimum absolute atomic E-state index is 0.240. The highest BCUT2D eigenvalue weighted by Crippen LogP contribution is 2.36. The largest absolute Gasteiger partial charge is 0.483 e. The molecule has 3 aromatic rings. The lowest BCUT2D eigenvalue weighted by Crippen LogP contribution is -2.29. The van der Waals surface area contributed by atoms with E-state index in [1.807, 2.05) is 19.1 Å². The smallest absolute Gasteiger partial charge is 0.150 e. The van der Waals surface area contributed by atoms with Crippen LogP contribution in [0.4, 0.5) is 17.2 Å². The molecular weight excluding hydrogens is 464 g/mol. The van der Waals surface area contributed by atoms with Crippen molar-refractivity contribution in [2.24, 2.45) is 4.36 Å². The van der Waals surface area contributed by atoms with E-state index >= 15 is 0 Å². The Balaban J connectivity index is 1.50. The second kappa shape index (κ2) is 9.06. The number of halogens is 1. The molecule has 2 aliphatic heterocycles. The van der Waals surface area contributed by atoms with Crippen LogP contribution >= 0.6 is 11.6 Å². The van der Waals surface area contributed by atoms with Gasteiger partial charge in [-0.25, -0.2) is 14.2 Å². The summed E-state index contributed by atoms with van der Waals surface area (Å²) < 4.78 is 28.8. The summed E-state index contributed by atoms with van der Waals surface area (Å²) in [4.78, 5) is 8.87. The zero-order valence-electron chi connectivity index (χ0n) is 18.2. The summed E-state index contributed by atoms with van der Waals surface area (Å²) in [6.07, 6.45) is 2.22. The van der Waals surface area contributed by atoms with E-state index < -0.39 is 21.9 Å². The van der Waals surface area contributed by atoms with E-state index in [4.69, 9.17) is 21.1 Å². The minimum Gasteiger partial charge on any atom is -0.483 e. The van der Waals surface area contributed by atoms with E-state index in [9.17, 15) is 9.32 Å². The van der Waals surface area contributed by atoms with Crippen molar-refractivity contribution in [1.29, 1.82) is 0 Å². The molecule has 2 aromatic carbocycles. The fourth-order valence-electron chi connectivity index (χ4n) is 4.18. The monoisotopic (exact) mass is 488 g/mol. The molecule has 2 fully saturated rings. The van der Waals surface area contributed by atoms with E-state index in [0.29, 0.717) is 51.6 Å². The number of aliphatic hydroxyl groups is 1. The molecule has 2 atom stereocenters. The Kier molecular flexibility index (Phi) is 6.13. The van der Waals surface area contributed by atoms with E-state index in [1.165, 1.54) is 6.33 Å². The van der Waals surface area contributed by atoms with E-state index in [2.05, 4.69) is 19.6 Å². The molecule has 5 rings (SSSR count). The summed E-state index contributed by atoms with van der Waals surface area (Å²) in [6, 6.07) is 9.03. The average Bonchev–Trinajstić information content (AvgIpc) is 3.38. The first-order valence-corrected chi connectivity index (χ1v) is 13.1. The van der Waals surface area contributed by atoms with Gasteiger partial charge in [0.25, 0.3) is 0 Å². The molecule has 33 heavy (non-hydrogen) atoms. The Labute approximate surface area is 197 Å². The summed E-state index contributed by atoms with van der Waals surface area (Å²) in [5.74, 6) is 2.40. The Morgan fingerprint density at radius 2 is 2.03 bits per heavy atom. The average molecular weight is 489 g/mol. The standard InChI is InChI=1S/C23H25ClN4O4S/c1-14-8-16(28-33(30)6-2-3-7-33)10-18-22(14)23(26-13-25-18)27-17-5-4-15(24)9-20(17)32-21-12-31-11-19(21)29/h4-5,8-10,13,19,21,29H,2-3,6-7,11-12H2,1H3,(H,25,26,27)/t19-,21-/m1/s1. The van der Waals surface area contributed by atoms with E-state index in [-0.39, 0.29) is 6.61 Å². The van der Waals surface area contributed by atoms with Crippen LogP contribution in [0.5, 0.6) is 5.75 Å². The molecule has 174 valence electrons. The molecule has 2 aliphatic rings. The quantitative estimate of drug-likeness (QED) is 0.549. The van der Waals surface area contributed by atoms with Crippen molar-refractivity contribution in [3.8, 4) is 5.75 Å². The highest BCUT2D eigenvalue weighted by atomic mass is 35.5. The third kappa shape index (κ3) is 4.77. The fourth-order valence-corrected chi connectivity index (χ4v) is 6.53. The molecule has 10 heteroatoms. The molecule has 0 spiro atoms. The number of aryl methyl sites for hydroxylation is 1. The van der Waals surface area contributed by atoms with Crippen molar-refractivity contribution in [2.75, 3.05) is 30.0 Å². The number of ether oxygens (including phenoxy) is 2. The van der Waals surface area contributed by atoms with Crippen molar-refractivity contribution in [1.82, 2.24) is 9.97 Å². The van der Waals surface area contributed by atoms with Gasteiger partial charge in [0.05, 0.1) is 39.8 Å². The summed E-state index contributed by atoms with van der Waals surface area (Å²) in [7, 11) is -2.17. The van der Waals surface area contributed by atoms with Crippen LogP contribution in [0.15, 0.2) is 41.0 Å². The van der Waals surface area contributed by atoms with Gasteiger partial charge in [0.1, 0.15) is 24.0 Å². The number of nitrogens with one attached hydrogen (secondary N) is 1. The van der Waals surface area contributed by atoms with Crippen molar-refractivity contribution >= 4 is 49.4 Å². The van der Waals surface area contributed by atoms with Gasteiger partial charge in [-0.2, -0.15) is 4.36 Å². The molecule has 8 nitrogen and oxygen atoms in total. The van der Waals surface area contributed by atoms with Crippen LogP contribution in [0.1, 0.15) is 18.4 Å². The van der Waals surface area contributed by atoms with Crippen LogP contribution in [0.25, 0.3) is 10.9 Å². The fraction of sp³-hybridized carbons (Fsp3) is 0.391. The van der Waals surface area contributed by atoms with E-state index in [0.717, 1.165) is 23.8 Å². The molecule has 2 N–H and O–H groups in total. The zero-order chi connectivity index (χ0) is 23.0. The summed E-state index contributed by atoms with van der Waals surface area (Å²) in [5.41, 5.74) is 2.97. The van der Waals surface area contributed by atoms with Crippen LogP contribution in [0.2, 0.25) is 5.02 Å². The number of benzene rings is 2. The second-order valence-corrected chi connectivity index (χ2v) is 11.4. The molecule has 0 aliphatic carbocycles. The minimum atomic E-state index is -2.17. The summed E-state index contributed by atoms with van der Waals surface area (Å²) >= 11 is 6.20. The maximum Gasteiger partial charge on any atom is 0.150 e. The molecule has 3 heterocycles. The van der Waals surface area contributed by atoms with Crippen molar-refractivity contribution < 1.29 is 18.8 Å². The molecule has 0 amide bonds. The molecule has 2 saturated heterocycles. The molecular formula is C23H25ClN4O4S. The normalized spacial score (nSPS) is 21.9. The molecule has 0 radical (unpaired) electrons. The van der Waals surface area contributed by atoms with Gasteiger partial charge in [0.2, 0.25) is 0 Å². The lowest BCUT2D eigenvalue weighted by Gasteiger charge is -2.19. The van der Waals surface area contributed by atoms with Crippen LogP contribution < -0.4 is 10.1 Å². The molecule has 0 saturated carbocycles. The number of anilines is 2. The Bertz CT molecular complexity index is 1310. The first kappa shape index (κ1) is 22.3. The SMILES string of the molecule is Cc1cc(N=S2(=O)CCCC2)cc2ncnc(Nc3ccc(Cl)cc3O[C@@H]3COC[C@H]3O)c12. The predicted octanol–water partition coefficient (Wildman–Crippen LogP) is 4.37. The van der Waals surface area contributed by atoms with Crippen LogP contribution in [-0.2, 0) is 14.5 Å². The third-order valence-corrected chi connectivity index (χ3v) is 8.48. The van der Waals surface area contributed by atoms with Gasteiger partial charge in [0, 0.05) is 28.0 Å². The number of rotatable bonds is 5. The van der Waals surface area contributed by atoms with Crippen molar-refractivity contribution in [3.63, 3.8) is 0 Å². The maximum absolute atomic E-state index is 12.9. The van der Waals surface area contributed by atoms with Crippen molar-refractivity contribution in [2.45, 2.75) is 32.0 Å². The van der Waals surface area contributed by atoms with Crippen LogP contribution in [-0.4, -0.2) is 56.2 Å². The lowest BCUT2D eigenvalue weighted by molar-refractivity contribution is 0.0738. The highest BCUT2D eigenvalue weighted by Gasteiger charge is 2.29. The zero-order valence-corrected chi connectivity index (χ0v) is 19.7. The van der Waals surface area contributed by atoms with Gasteiger partial charge in [-0.15, -0.1) is 0 Å². The Morgan fingerprint density at radius 1 is 1.21 bits per heavy atom. The maximum atomic E-state index is 12.9. The molecule has 0 unspecified atom stereocenters. The third-order valence-electron chi connectivity index (χ3n) is 5.84. The Morgan fingerprint density at radius 3 is 2.79 bits per heavy atom. The van der Waals surface area contributed by atoms with Gasteiger partial charge in [-0.1, -0.05) is 11.6 Å². The van der Waals surface area contributed by atoms with Crippen LogP contribution in [0, 0.1) is 6.92 Å². The van der Waals surface area contributed by atoms with Gasteiger partial charge >= 0.3 is 0 Å². The van der Waals surface area contributed by atoms with Gasteiger partial charge in [-0.3, -0.25) is 0 Å². The van der Waals surface area contributed by atoms with Crippen molar-refractivity contribution in [3.05, 3.63) is 47.2 Å². The topological polar surface area (TPSA) is 106 Å². The highest BCUT2D eigenvalue weighted by molar-refractivity contribution is 7.93. The number of fused-ring (bicyclic) bond motifs is 1. The first-order valence-electron chi connectivity index (χ1n) is 10.9. The second-order valence-electron chi connectivity index (χ2n) is 8.38. The summed E-state index contributed by atoms with van der Waals surface area (Å²) in [5, 5.41) is 14.7. The van der Waals surface area contributed by atoms with E-state index in [1.54, 1.807) is 18.2 Å².